The molecule has 150 valence electrons. The van der Waals surface area contributed by atoms with Gasteiger partial charge in [0.1, 0.15) is 0 Å². The van der Waals surface area contributed by atoms with E-state index in [0.29, 0.717) is 28.7 Å². The fourth-order valence-electron chi connectivity index (χ4n) is 3.36. The van der Waals surface area contributed by atoms with Crippen molar-refractivity contribution in [2.24, 2.45) is 4.99 Å². The number of hydrogen-bond donors (Lipinski definition) is 1. The number of aliphatic imine (C=N–C) groups is 1. The van der Waals surface area contributed by atoms with Gasteiger partial charge in [-0.25, -0.2) is 19.3 Å². The Morgan fingerprint density at radius 3 is 2.76 bits per heavy atom. The van der Waals surface area contributed by atoms with Crippen LogP contribution in [0.15, 0.2) is 52.8 Å². The zero-order chi connectivity index (χ0) is 20.3. The summed E-state index contributed by atoms with van der Waals surface area (Å²) in [5.41, 5.74) is 6.77. The number of alkyl halides is 1. The molecule has 0 bridgehead atoms. The molecule has 2 aromatic heterocycles. The average molecular weight is 411 g/mol. The van der Waals surface area contributed by atoms with Crippen molar-refractivity contribution in [2.75, 3.05) is 11.5 Å². The lowest BCUT2D eigenvalue weighted by Gasteiger charge is -2.22. The summed E-state index contributed by atoms with van der Waals surface area (Å²) in [6, 6.07) is 10.3. The van der Waals surface area contributed by atoms with E-state index in [0.717, 1.165) is 18.6 Å². The number of aryl methyl sites for hydroxylation is 2. The minimum atomic E-state index is -1.72. The lowest BCUT2D eigenvalue weighted by molar-refractivity contribution is 0.221. The number of nitrogens with zero attached hydrogens (tertiary/aromatic N) is 5. The summed E-state index contributed by atoms with van der Waals surface area (Å²) in [5.74, 6) is 1.42. The third-order valence-electron chi connectivity index (χ3n) is 4.80. The van der Waals surface area contributed by atoms with Gasteiger partial charge in [0.25, 0.3) is 0 Å². The van der Waals surface area contributed by atoms with E-state index in [1.807, 2.05) is 29.7 Å². The summed E-state index contributed by atoms with van der Waals surface area (Å²) in [6.45, 7) is 2.64. The number of hydrogen-bond acceptors (Lipinski definition) is 6. The number of aromatic nitrogens is 4. The van der Waals surface area contributed by atoms with Crippen LogP contribution in [0.5, 0.6) is 0 Å². The van der Waals surface area contributed by atoms with Gasteiger partial charge in [0, 0.05) is 31.1 Å². The molecular formula is C21H23FN6S. The molecule has 1 aliphatic rings. The second-order valence-electron chi connectivity index (χ2n) is 6.95. The van der Waals surface area contributed by atoms with Crippen molar-refractivity contribution >= 4 is 35.0 Å². The molecule has 1 atom stereocenters. The number of benzene rings is 1. The average Bonchev–Trinajstić information content (AvgIpc) is 3.10. The second kappa shape index (κ2) is 8.32. The molecule has 0 aliphatic carbocycles. The van der Waals surface area contributed by atoms with Crippen LogP contribution in [0.2, 0.25) is 0 Å². The highest BCUT2D eigenvalue weighted by atomic mass is 32.2. The van der Waals surface area contributed by atoms with Crippen LogP contribution in [0.3, 0.4) is 0 Å². The van der Waals surface area contributed by atoms with E-state index in [9.17, 15) is 0 Å². The maximum atomic E-state index is 15.6. The first kappa shape index (κ1) is 19.6. The van der Waals surface area contributed by atoms with Gasteiger partial charge in [0.2, 0.25) is 0 Å². The summed E-state index contributed by atoms with van der Waals surface area (Å²) in [7, 11) is 0. The molecule has 0 spiro atoms. The number of halogens is 1. The molecule has 0 saturated heterocycles. The van der Waals surface area contributed by atoms with Crippen molar-refractivity contribution in [1.82, 2.24) is 19.5 Å². The Balaban J connectivity index is 1.66. The molecule has 0 saturated carbocycles. The van der Waals surface area contributed by atoms with Crippen LogP contribution >= 0.6 is 11.8 Å². The van der Waals surface area contributed by atoms with Gasteiger partial charge in [0.15, 0.2) is 33.6 Å². The van der Waals surface area contributed by atoms with Crippen molar-refractivity contribution in [2.45, 2.75) is 43.6 Å². The van der Waals surface area contributed by atoms with Gasteiger partial charge in [-0.15, -0.1) is 0 Å². The first-order valence-electron chi connectivity index (χ1n) is 9.70. The van der Waals surface area contributed by atoms with Gasteiger partial charge in [0.05, 0.1) is 0 Å². The predicted molar refractivity (Wildman–Crippen MR) is 116 cm³/mol. The summed E-state index contributed by atoms with van der Waals surface area (Å²) >= 11 is 1.54. The standard InChI is InChI=1S/C21H23FN6S/c1-2-13-28-18-16(25-19(28)21(22)9-11-24-12-10-21)17(23)26-20(27-18)29-14-8-15-6-4-3-5-7-15/h3-7,9,11-12H,2,8,10,13-14H2,1H3,(H2,23,26,27). The summed E-state index contributed by atoms with van der Waals surface area (Å²) in [5, 5.41) is 0.586. The van der Waals surface area contributed by atoms with Crippen molar-refractivity contribution in [3.8, 4) is 0 Å². The molecule has 8 heteroatoms. The number of nitrogens with two attached hydrogens (primary N) is 1. The maximum absolute atomic E-state index is 15.6. The van der Waals surface area contributed by atoms with Crippen LogP contribution < -0.4 is 5.73 Å². The largest absolute Gasteiger partial charge is 0.382 e. The van der Waals surface area contributed by atoms with Gasteiger partial charge < -0.3 is 10.3 Å². The molecule has 29 heavy (non-hydrogen) atoms. The highest BCUT2D eigenvalue weighted by Crippen LogP contribution is 2.35. The molecule has 0 fully saturated rings. The highest BCUT2D eigenvalue weighted by molar-refractivity contribution is 7.99. The zero-order valence-electron chi connectivity index (χ0n) is 16.3. The summed E-state index contributed by atoms with van der Waals surface area (Å²) in [4.78, 5) is 17.6. The minimum Gasteiger partial charge on any atom is -0.382 e. The Kier molecular flexibility index (Phi) is 5.62. The van der Waals surface area contributed by atoms with Crippen LogP contribution in [0.1, 0.15) is 31.2 Å². The molecular weight excluding hydrogens is 387 g/mol. The lowest BCUT2D eigenvalue weighted by atomic mass is 10.00. The van der Waals surface area contributed by atoms with E-state index >= 15 is 4.39 Å². The van der Waals surface area contributed by atoms with E-state index in [1.165, 1.54) is 17.8 Å². The van der Waals surface area contributed by atoms with Crippen molar-refractivity contribution in [1.29, 1.82) is 0 Å². The van der Waals surface area contributed by atoms with Gasteiger partial charge in [-0.3, -0.25) is 4.99 Å². The molecule has 1 unspecified atom stereocenters. The van der Waals surface area contributed by atoms with E-state index in [-0.39, 0.29) is 12.2 Å². The number of imidazole rings is 1. The number of anilines is 1. The molecule has 0 radical (unpaired) electrons. The fraction of sp³-hybridized carbons (Fsp3) is 0.333. The Labute approximate surface area is 173 Å². The third-order valence-corrected chi connectivity index (χ3v) is 5.65. The van der Waals surface area contributed by atoms with Crippen LogP contribution in [0, 0.1) is 0 Å². The molecule has 4 rings (SSSR count). The van der Waals surface area contributed by atoms with Crippen LogP contribution in [-0.2, 0) is 18.6 Å². The number of nitrogen functional groups attached to an aromatic ring is 1. The van der Waals surface area contributed by atoms with Gasteiger partial charge in [-0.05, 0) is 24.5 Å². The Bertz CT molecular complexity index is 1060. The van der Waals surface area contributed by atoms with Crippen LogP contribution in [0.4, 0.5) is 10.2 Å². The van der Waals surface area contributed by atoms with Gasteiger partial charge in [-0.2, -0.15) is 0 Å². The van der Waals surface area contributed by atoms with Crippen molar-refractivity contribution < 1.29 is 4.39 Å². The van der Waals surface area contributed by atoms with Gasteiger partial charge >= 0.3 is 0 Å². The minimum absolute atomic E-state index is 0.141. The SMILES string of the molecule is CCCn1c(C2(F)C=CN=CC2)nc2c(N)nc(SCCc3ccccc3)nc21. The molecule has 0 amide bonds. The molecule has 6 nitrogen and oxygen atoms in total. The highest BCUT2D eigenvalue weighted by Gasteiger charge is 2.36. The monoisotopic (exact) mass is 410 g/mol. The number of fused-ring (bicyclic) bond motifs is 1. The van der Waals surface area contributed by atoms with Crippen molar-refractivity contribution in [3.63, 3.8) is 0 Å². The fourth-order valence-corrected chi connectivity index (χ4v) is 4.20. The second-order valence-corrected chi connectivity index (χ2v) is 8.01. The Morgan fingerprint density at radius 1 is 1.21 bits per heavy atom. The topological polar surface area (TPSA) is 82.0 Å². The predicted octanol–water partition coefficient (Wildman–Crippen LogP) is 4.31. The molecule has 3 heterocycles. The van der Waals surface area contributed by atoms with Crippen molar-refractivity contribution in [3.05, 3.63) is 54.0 Å². The van der Waals surface area contributed by atoms with E-state index in [2.05, 4.69) is 32.1 Å². The van der Waals surface area contributed by atoms with Crippen LogP contribution in [0.25, 0.3) is 11.2 Å². The van der Waals surface area contributed by atoms with E-state index in [4.69, 9.17) is 5.73 Å². The smallest absolute Gasteiger partial charge is 0.193 e. The van der Waals surface area contributed by atoms with E-state index in [1.54, 1.807) is 18.0 Å². The zero-order valence-corrected chi connectivity index (χ0v) is 17.1. The number of allylic oxidation sites excluding steroid dienone is 1. The first-order chi connectivity index (χ1) is 14.1. The normalized spacial score (nSPS) is 18.6. The third kappa shape index (κ3) is 4.03. The molecule has 1 aromatic carbocycles. The number of thioether (sulfide) groups is 1. The first-order valence-corrected chi connectivity index (χ1v) is 10.7. The van der Waals surface area contributed by atoms with Crippen LogP contribution in [-0.4, -0.2) is 31.5 Å². The molecule has 2 N–H and O–H groups in total. The van der Waals surface area contributed by atoms with E-state index < -0.39 is 5.67 Å². The Hall–Kier alpha value is -2.74. The number of rotatable bonds is 7. The maximum Gasteiger partial charge on any atom is 0.193 e. The Morgan fingerprint density at radius 2 is 2.03 bits per heavy atom. The summed E-state index contributed by atoms with van der Waals surface area (Å²) in [6.07, 6.45) is 6.35. The molecule has 3 aromatic rings. The molecule has 1 aliphatic heterocycles. The lowest BCUT2D eigenvalue weighted by Crippen LogP contribution is -2.25. The summed E-state index contributed by atoms with van der Waals surface area (Å²) < 4.78 is 17.4. The quantitative estimate of drug-likeness (QED) is 0.464. The van der Waals surface area contributed by atoms with Gasteiger partial charge in [-0.1, -0.05) is 49.0 Å².